The highest BCUT2D eigenvalue weighted by atomic mass is 16.5. The van der Waals surface area contributed by atoms with E-state index in [0.29, 0.717) is 11.5 Å². The molecule has 14 heavy (non-hydrogen) atoms. The van der Waals surface area contributed by atoms with Gasteiger partial charge in [0.15, 0.2) is 5.76 Å². The number of rotatable bonds is 2. The van der Waals surface area contributed by atoms with Crippen LogP contribution in [0.5, 0.6) is 0 Å². The molecule has 6 heteroatoms. The summed E-state index contributed by atoms with van der Waals surface area (Å²) in [6.07, 6.45) is 2.30. The lowest BCUT2D eigenvalue weighted by atomic mass is 10.3. The van der Waals surface area contributed by atoms with E-state index in [0.717, 1.165) is 12.1 Å². The molecule has 0 amide bonds. The van der Waals surface area contributed by atoms with E-state index in [4.69, 9.17) is 10.3 Å². The topological polar surface area (TPSA) is 90.7 Å². The summed E-state index contributed by atoms with van der Waals surface area (Å²) < 4.78 is 5.06. The van der Waals surface area contributed by atoms with E-state index in [1.165, 1.54) is 6.20 Å². The maximum Gasteiger partial charge on any atom is 0.240 e. The predicted octanol–water partition coefficient (Wildman–Crippen LogP) is 0.671. The molecule has 2 aromatic rings. The molecule has 0 aliphatic heterocycles. The Morgan fingerprint density at radius 1 is 1.50 bits per heavy atom. The van der Waals surface area contributed by atoms with Gasteiger partial charge in [-0.2, -0.15) is 5.10 Å². The van der Waals surface area contributed by atoms with Crippen LogP contribution in [0.2, 0.25) is 0 Å². The van der Waals surface area contributed by atoms with Crippen LogP contribution in [0.4, 0.5) is 5.95 Å². The van der Waals surface area contributed by atoms with E-state index >= 15 is 0 Å². The molecule has 0 saturated heterocycles. The van der Waals surface area contributed by atoms with E-state index in [-0.39, 0.29) is 5.95 Å². The van der Waals surface area contributed by atoms with Crippen LogP contribution in [0.1, 0.15) is 12.6 Å². The molecule has 0 unspecified atom stereocenters. The fourth-order valence-electron chi connectivity index (χ4n) is 1.04. The van der Waals surface area contributed by atoms with Gasteiger partial charge in [-0.25, -0.2) is 4.98 Å². The number of nitrogen functional groups attached to an aromatic ring is 1. The Hall–Kier alpha value is -1.98. The third-order valence-corrected chi connectivity index (χ3v) is 1.75. The molecular formula is C8H9N5O. The number of anilines is 1. The summed E-state index contributed by atoms with van der Waals surface area (Å²) in [6, 6.07) is 1.81. The van der Waals surface area contributed by atoms with E-state index in [2.05, 4.69) is 20.3 Å². The summed E-state index contributed by atoms with van der Waals surface area (Å²) in [5.74, 6) is 0.681. The number of hydrogen-bond donors (Lipinski definition) is 1. The smallest absolute Gasteiger partial charge is 0.240 e. The molecule has 0 atom stereocenters. The summed E-state index contributed by atoms with van der Waals surface area (Å²) in [4.78, 5) is 3.96. The average Bonchev–Trinajstić information content (AvgIpc) is 2.66. The van der Waals surface area contributed by atoms with E-state index < -0.39 is 0 Å². The first-order valence-electron chi connectivity index (χ1n) is 4.20. The highest BCUT2D eigenvalue weighted by Gasteiger charge is 2.07. The maximum atomic E-state index is 5.39. The normalized spacial score (nSPS) is 10.4. The van der Waals surface area contributed by atoms with Crippen LogP contribution in [0.25, 0.3) is 11.5 Å². The predicted molar refractivity (Wildman–Crippen MR) is 49.1 cm³/mol. The first kappa shape index (κ1) is 8.61. The lowest BCUT2D eigenvalue weighted by molar-refractivity contribution is 0.423. The molecule has 0 aromatic carbocycles. The first-order chi connectivity index (χ1) is 6.79. The maximum absolute atomic E-state index is 5.39. The zero-order chi connectivity index (χ0) is 9.97. The van der Waals surface area contributed by atoms with Crippen molar-refractivity contribution in [3.8, 4) is 11.5 Å². The summed E-state index contributed by atoms with van der Waals surface area (Å²) in [6.45, 7) is 1.99. The third-order valence-electron chi connectivity index (χ3n) is 1.75. The Morgan fingerprint density at radius 3 is 3.00 bits per heavy atom. The highest BCUT2D eigenvalue weighted by molar-refractivity contribution is 5.51. The van der Waals surface area contributed by atoms with Gasteiger partial charge >= 0.3 is 0 Å². The lowest BCUT2D eigenvalue weighted by Gasteiger charge is -1.92. The molecule has 0 fully saturated rings. The Morgan fingerprint density at radius 2 is 2.36 bits per heavy atom. The van der Waals surface area contributed by atoms with Gasteiger partial charge in [-0.05, 0) is 6.42 Å². The van der Waals surface area contributed by atoms with Crippen LogP contribution in [0, 0.1) is 0 Å². The lowest BCUT2D eigenvalue weighted by Crippen LogP contribution is -1.97. The van der Waals surface area contributed by atoms with Crippen molar-refractivity contribution >= 4 is 5.95 Å². The molecule has 0 bridgehead atoms. The Balaban J connectivity index is 2.39. The van der Waals surface area contributed by atoms with Crippen molar-refractivity contribution in [1.82, 2.24) is 20.3 Å². The highest BCUT2D eigenvalue weighted by Crippen LogP contribution is 2.17. The molecule has 0 saturated carbocycles. The molecule has 0 radical (unpaired) electrons. The summed E-state index contributed by atoms with van der Waals surface area (Å²) in [5.41, 5.74) is 6.81. The molecule has 2 aromatic heterocycles. The molecule has 0 spiro atoms. The molecule has 2 N–H and O–H groups in total. The Bertz CT molecular complexity index is 439. The standard InChI is InChI=1S/C8H9N5O/c1-2-5-3-7(14-13-5)6-4-10-12-8(9)11-6/h3-4H,2H2,1H3,(H2,9,11,12). The van der Waals surface area contributed by atoms with Crippen LogP contribution < -0.4 is 5.73 Å². The molecule has 2 rings (SSSR count). The van der Waals surface area contributed by atoms with E-state index in [1.807, 2.05) is 13.0 Å². The fraction of sp³-hybridized carbons (Fsp3) is 0.250. The number of nitrogens with zero attached hydrogens (tertiary/aromatic N) is 4. The second-order valence-electron chi connectivity index (χ2n) is 2.74. The Labute approximate surface area is 80.2 Å². The van der Waals surface area contributed by atoms with Crippen LogP contribution in [0.15, 0.2) is 16.8 Å². The van der Waals surface area contributed by atoms with E-state index in [9.17, 15) is 0 Å². The van der Waals surface area contributed by atoms with E-state index in [1.54, 1.807) is 0 Å². The average molecular weight is 191 g/mol. The minimum absolute atomic E-state index is 0.122. The van der Waals surface area contributed by atoms with Crippen LogP contribution in [-0.2, 0) is 6.42 Å². The van der Waals surface area contributed by atoms with Crippen molar-refractivity contribution in [2.24, 2.45) is 0 Å². The number of nitrogens with two attached hydrogens (primary N) is 1. The zero-order valence-electron chi connectivity index (χ0n) is 7.64. The van der Waals surface area contributed by atoms with Gasteiger partial charge in [-0.1, -0.05) is 12.1 Å². The van der Waals surface area contributed by atoms with Gasteiger partial charge in [0.1, 0.15) is 5.69 Å². The number of hydrogen-bond acceptors (Lipinski definition) is 6. The third kappa shape index (κ3) is 1.54. The molecule has 0 aliphatic carbocycles. The molecule has 2 heterocycles. The van der Waals surface area contributed by atoms with Crippen LogP contribution >= 0.6 is 0 Å². The number of aromatic nitrogens is 4. The van der Waals surface area contributed by atoms with Gasteiger partial charge in [0.05, 0.1) is 11.9 Å². The van der Waals surface area contributed by atoms with Crippen molar-refractivity contribution < 1.29 is 4.52 Å². The minimum atomic E-state index is 0.122. The quantitative estimate of drug-likeness (QED) is 0.750. The monoisotopic (exact) mass is 191 g/mol. The van der Waals surface area contributed by atoms with Gasteiger partial charge in [0.2, 0.25) is 5.95 Å². The largest absolute Gasteiger partial charge is 0.366 e. The second-order valence-corrected chi connectivity index (χ2v) is 2.74. The summed E-state index contributed by atoms with van der Waals surface area (Å²) >= 11 is 0. The second kappa shape index (κ2) is 3.41. The van der Waals surface area contributed by atoms with Crippen molar-refractivity contribution in [1.29, 1.82) is 0 Å². The fourth-order valence-corrected chi connectivity index (χ4v) is 1.04. The van der Waals surface area contributed by atoms with Crippen LogP contribution in [0.3, 0.4) is 0 Å². The van der Waals surface area contributed by atoms with Crippen molar-refractivity contribution in [3.05, 3.63) is 18.0 Å². The molecule has 72 valence electrons. The SMILES string of the molecule is CCc1cc(-c2cnnc(N)n2)on1. The van der Waals surface area contributed by atoms with Gasteiger partial charge in [0.25, 0.3) is 0 Å². The Kier molecular flexibility index (Phi) is 2.10. The van der Waals surface area contributed by atoms with Crippen molar-refractivity contribution in [2.45, 2.75) is 13.3 Å². The molecule has 0 aliphatic rings. The zero-order valence-corrected chi connectivity index (χ0v) is 7.64. The summed E-state index contributed by atoms with van der Waals surface area (Å²) in [5, 5.41) is 11.1. The van der Waals surface area contributed by atoms with Gasteiger partial charge in [0, 0.05) is 6.07 Å². The minimum Gasteiger partial charge on any atom is -0.366 e. The van der Waals surface area contributed by atoms with Crippen molar-refractivity contribution in [3.63, 3.8) is 0 Å². The van der Waals surface area contributed by atoms with Gasteiger partial charge < -0.3 is 10.3 Å². The molecular weight excluding hydrogens is 182 g/mol. The number of aryl methyl sites for hydroxylation is 1. The molecule has 6 nitrogen and oxygen atoms in total. The van der Waals surface area contributed by atoms with Crippen LogP contribution in [-0.4, -0.2) is 20.3 Å². The van der Waals surface area contributed by atoms with Gasteiger partial charge in [-0.3, -0.25) is 0 Å². The summed E-state index contributed by atoms with van der Waals surface area (Å²) in [7, 11) is 0. The van der Waals surface area contributed by atoms with Crippen molar-refractivity contribution in [2.75, 3.05) is 5.73 Å². The first-order valence-corrected chi connectivity index (χ1v) is 4.20. The van der Waals surface area contributed by atoms with Gasteiger partial charge in [-0.15, -0.1) is 5.10 Å².